The van der Waals surface area contributed by atoms with E-state index in [1.54, 1.807) is 6.20 Å². The smallest absolute Gasteiger partial charge is 0.322 e. The Morgan fingerprint density at radius 3 is 2.67 bits per heavy atom. The molecule has 1 saturated heterocycles. The molecule has 1 aromatic heterocycles. The van der Waals surface area contributed by atoms with Gasteiger partial charge in [-0.15, -0.1) is 0 Å². The Bertz CT molecular complexity index is 641. The van der Waals surface area contributed by atoms with Gasteiger partial charge in [-0.25, -0.2) is 4.79 Å². The number of aromatic nitrogens is 2. The molecule has 2 aliphatic carbocycles. The van der Waals surface area contributed by atoms with Crippen LogP contribution in [0, 0.1) is 0 Å². The number of carbonyl (C=O) groups excluding carboxylic acids is 1. The maximum absolute atomic E-state index is 12.9. The van der Waals surface area contributed by atoms with Gasteiger partial charge in [0.15, 0.2) is 0 Å². The van der Waals surface area contributed by atoms with Crippen molar-refractivity contribution in [2.45, 2.75) is 69.5 Å². The van der Waals surface area contributed by atoms with E-state index in [0.717, 1.165) is 24.2 Å². The number of urea groups is 1. The molecule has 1 spiro atoms. The normalized spacial score (nSPS) is 25.2. The third kappa shape index (κ3) is 2.92. The molecule has 132 valence electrons. The van der Waals surface area contributed by atoms with Gasteiger partial charge >= 0.3 is 6.03 Å². The lowest BCUT2D eigenvalue weighted by atomic mass is 9.94. The van der Waals surface area contributed by atoms with Crippen LogP contribution in [0.25, 0.3) is 0 Å². The number of hydrogen-bond acceptors (Lipinski definition) is 3. The molecule has 24 heavy (non-hydrogen) atoms. The zero-order valence-corrected chi connectivity index (χ0v) is 15.0. The third-order valence-electron chi connectivity index (χ3n) is 5.54. The molecule has 1 aromatic rings. The minimum atomic E-state index is -0.297. The SMILES string of the molecule is Cn1ncc(NC(=O)N2CC(C)(C)OC3(CCCC3)C2)c1C1CC1. The number of aryl methyl sites for hydroxylation is 1. The van der Waals surface area contributed by atoms with E-state index < -0.39 is 0 Å². The van der Waals surface area contributed by atoms with Gasteiger partial charge < -0.3 is 15.0 Å². The lowest BCUT2D eigenvalue weighted by Gasteiger charge is -2.48. The quantitative estimate of drug-likeness (QED) is 0.904. The molecular formula is C18H28N4O2. The van der Waals surface area contributed by atoms with Gasteiger partial charge in [-0.1, -0.05) is 12.8 Å². The van der Waals surface area contributed by atoms with Crippen LogP contribution in [0.5, 0.6) is 0 Å². The fraction of sp³-hybridized carbons (Fsp3) is 0.778. The highest BCUT2D eigenvalue weighted by atomic mass is 16.5. The number of anilines is 1. The van der Waals surface area contributed by atoms with Gasteiger partial charge in [-0.3, -0.25) is 4.68 Å². The average molecular weight is 332 g/mol. The summed E-state index contributed by atoms with van der Waals surface area (Å²) in [5, 5.41) is 7.45. The van der Waals surface area contributed by atoms with Crippen LogP contribution in [0.2, 0.25) is 0 Å². The Kier molecular flexibility index (Phi) is 3.64. The first kappa shape index (κ1) is 15.9. The maximum atomic E-state index is 12.9. The van der Waals surface area contributed by atoms with Crippen LogP contribution >= 0.6 is 0 Å². The Labute approximate surface area is 143 Å². The molecule has 6 heteroatoms. The summed E-state index contributed by atoms with van der Waals surface area (Å²) in [4.78, 5) is 14.9. The summed E-state index contributed by atoms with van der Waals surface area (Å²) in [6.07, 6.45) is 8.66. The van der Waals surface area contributed by atoms with Gasteiger partial charge in [-0.2, -0.15) is 5.10 Å². The van der Waals surface area contributed by atoms with Crippen LogP contribution in [-0.4, -0.2) is 45.0 Å². The first-order valence-corrected chi connectivity index (χ1v) is 9.16. The molecule has 0 radical (unpaired) electrons. The summed E-state index contributed by atoms with van der Waals surface area (Å²) < 4.78 is 8.29. The first-order valence-electron chi connectivity index (χ1n) is 9.16. The summed E-state index contributed by atoms with van der Waals surface area (Å²) in [5.41, 5.74) is 1.59. The molecule has 0 aromatic carbocycles. The van der Waals surface area contributed by atoms with Crippen LogP contribution in [-0.2, 0) is 11.8 Å². The second-order valence-electron chi connectivity index (χ2n) is 8.38. The van der Waals surface area contributed by atoms with Crippen LogP contribution in [0.3, 0.4) is 0 Å². The molecule has 1 N–H and O–H groups in total. The molecule has 2 saturated carbocycles. The number of amides is 2. The highest BCUT2D eigenvalue weighted by Gasteiger charge is 2.47. The fourth-order valence-corrected chi connectivity index (χ4v) is 4.52. The van der Waals surface area contributed by atoms with Crippen LogP contribution < -0.4 is 5.32 Å². The standard InChI is InChI=1S/C18H28N4O2/c1-17(2)11-22(12-18(24-17)8-4-5-9-18)16(23)20-14-10-19-21(3)15(14)13-6-7-13/h10,13H,4-9,11-12H2,1-3H3,(H,20,23). The van der Waals surface area contributed by atoms with Crippen molar-refractivity contribution in [2.75, 3.05) is 18.4 Å². The van der Waals surface area contributed by atoms with Gasteiger partial charge in [0.2, 0.25) is 0 Å². The number of carbonyl (C=O) groups is 1. The van der Waals surface area contributed by atoms with Crippen molar-refractivity contribution >= 4 is 11.7 Å². The Balaban J connectivity index is 1.51. The van der Waals surface area contributed by atoms with Crippen molar-refractivity contribution in [2.24, 2.45) is 7.05 Å². The summed E-state index contributed by atoms with van der Waals surface area (Å²) in [6.45, 7) is 5.50. The summed E-state index contributed by atoms with van der Waals surface area (Å²) in [7, 11) is 1.95. The van der Waals surface area contributed by atoms with Crippen molar-refractivity contribution in [3.63, 3.8) is 0 Å². The van der Waals surface area contributed by atoms with Crippen molar-refractivity contribution in [1.82, 2.24) is 14.7 Å². The summed E-state index contributed by atoms with van der Waals surface area (Å²) in [6, 6.07) is -0.0208. The zero-order chi connectivity index (χ0) is 16.9. The Hall–Kier alpha value is -1.56. The molecule has 0 bridgehead atoms. The van der Waals surface area contributed by atoms with E-state index in [0.29, 0.717) is 19.0 Å². The van der Waals surface area contributed by atoms with E-state index >= 15 is 0 Å². The van der Waals surface area contributed by atoms with E-state index in [4.69, 9.17) is 4.74 Å². The van der Waals surface area contributed by atoms with Crippen LogP contribution in [0.1, 0.15) is 64.0 Å². The predicted molar refractivity (Wildman–Crippen MR) is 92.1 cm³/mol. The van der Waals surface area contributed by atoms with Crippen LogP contribution in [0.4, 0.5) is 10.5 Å². The molecule has 6 nitrogen and oxygen atoms in total. The average Bonchev–Trinajstić information content (AvgIpc) is 3.14. The minimum Gasteiger partial charge on any atom is -0.365 e. The highest BCUT2D eigenvalue weighted by molar-refractivity contribution is 5.90. The number of hydrogen-bond donors (Lipinski definition) is 1. The summed E-state index contributed by atoms with van der Waals surface area (Å²) >= 11 is 0. The van der Waals surface area contributed by atoms with Gasteiger partial charge in [0, 0.05) is 13.0 Å². The third-order valence-corrected chi connectivity index (χ3v) is 5.54. The molecule has 0 unspecified atom stereocenters. The molecule has 4 rings (SSSR count). The second-order valence-corrected chi connectivity index (χ2v) is 8.38. The molecule has 2 heterocycles. The molecule has 0 atom stereocenters. The fourth-order valence-electron chi connectivity index (χ4n) is 4.52. The van der Waals surface area contributed by atoms with E-state index in [1.165, 1.54) is 25.7 Å². The van der Waals surface area contributed by atoms with Gasteiger partial charge in [0.05, 0.1) is 41.9 Å². The van der Waals surface area contributed by atoms with Crippen molar-refractivity contribution in [1.29, 1.82) is 0 Å². The van der Waals surface area contributed by atoms with E-state index in [1.807, 2.05) is 16.6 Å². The van der Waals surface area contributed by atoms with E-state index in [9.17, 15) is 4.79 Å². The largest absolute Gasteiger partial charge is 0.365 e. The lowest BCUT2D eigenvalue weighted by molar-refractivity contribution is -0.183. The second kappa shape index (κ2) is 5.48. The number of morpholine rings is 1. The summed E-state index contributed by atoms with van der Waals surface area (Å²) in [5.74, 6) is 0.551. The molecule has 3 aliphatic rings. The monoisotopic (exact) mass is 332 g/mol. The minimum absolute atomic E-state index is 0.0208. The maximum Gasteiger partial charge on any atom is 0.322 e. The number of nitrogens with one attached hydrogen (secondary N) is 1. The Morgan fingerprint density at radius 1 is 1.29 bits per heavy atom. The van der Waals surface area contributed by atoms with Crippen molar-refractivity contribution < 1.29 is 9.53 Å². The van der Waals surface area contributed by atoms with E-state index in [2.05, 4.69) is 24.3 Å². The molecule has 2 amide bonds. The number of ether oxygens (including phenoxy) is 1. The first-order chi connectivity index (χ1) is 11.4. The molecule has 1 aliphatic heterocycles. The molecule has 3 fully saturated rings. The van der Waals surface area contributed by atoms with E-state index in [-0.39, 0.29) is 17.2 Å². The topological polar surface area (TPSA) is 59.4 Å². The number of nitrogens with zero attached hydrogens (tertiary/aromatic N) is 3. The van der Waals surface area contributed by atoms with Crippen LogP contribution in [0.15, 0.2) is 6.20 Å². The zero-order valence-electron chi connectivity index (χ0n) is 15.0. The Morgan fingerprint density at radius 2 is 2.00 bits per heavy atom. The highest BCUT2D eigenvalue weighted by Crippen LogP contribution is 2.44. The molecular weight excluding hydrogens is 304 g/mol. The van der Waals surface area contributed by atoms with Gasteiger partial charge in [-0.05, 0) is 39.5 Å². The van der Waals surface area contributed by atoms with Crippen molar-refractivity contribution in [3.8, 4) is 0 Å². The lowest BCUT2D eigenvalue weighted by Crippen LogP contribution is -2.60. The van der Waals surface area contributed by atoms with Gasteiger partial charge in [0.25, 0.3) is 0 Å². The van der Waals surface area contributed by atoms with Gasteiger partial charge in [0.1, 0.15) is 0 Å². The van der Waals surface area contributed by atoms with Crippen molar-refractivity contribution in [3.05, 3.63) is 11.9 Å². The predicted octanol–water partition coefficient (Wildman–Crippen LogP) is 3.25. The number of rotatable bonds is 2.